The molecule has 0 unspecified atom stereocenters. The number of rotatable bonds is 3. The summed E-state index contributed by atoms with van der Waals surface area (Å²) in [7, 11) is 0. The summed E-state index contributed by atoms with van der Waals surface area (Å²) in [6, 6.07) is 4.74. The van der Waals surface area contributed by atoms with E-state index < -0.39 is 5.97 Å². The highest BCUT2D eigenvalue weighted by atomic mass is 16.5. The average Bonchev–Trinajstić information content (AvgIpc) is 2.18. The predicted octanol–water partition coefficient (Wildman–Crippen LogP) is 2.04. The van der Waals surface area contributed by atoms with Gasteiger partial charge in [0.25, 0.3) is 0 Å². The molecule has 1 N–H and O–H groups in total. The Morgan fingerprint density at radius 2 is 2.36 bits per heavy atom. The highest BCUT2D eigenvalue weighted by Crippen LogP contribution is 2.19. The molecule has 0 saturated heterocycles. The predicted molar refractivity (Wildman–Crippen MR) is 53.3 cm³/mol. The number of carbonyl (C=O) groups is 1. The molecule has 0 atom stereocenters. The van der Waals surface area contributed by atoms with Crippen LogP contribution in [-0.4, -0.2) is 17.7 Å². The van der Waals surface area contributed by atoms with Crippen molar-refractivity contribution in [3.8, 4) is 5.75 Å². The Labute approximate surface area is 82.6 Å². The molecule has 0 aliphatic carbocycles. The lowest BCUT2D eigenvalue weighted by atomic mass is 10.1. The van der Waals surface area contributed by atoms with Crippen LogP contribution in [0.5, 0.6) is 5.75 Å². The first kappa shape index (κ1) is 10.3. The van der Waals surface area contributed by atoms with E-state index in [2.05, 4.69) is 6.58 Å². The number of phenolic OH excluding ortho intramolecular Hbond substituents is 1. The van der Waals surface area contributed by atoms with E-state index in [-0.39, 0.29) is 12.4 Å². The van der Waals surface area contributed by atoms with Crippen molar-refractivity contribution in [1.82, 2.24) is 0 Å². The van der Waals surface area contributed by atoms with Crippen LogP contribution in [0, 0.1) is 6.92 Å². The molecule has 1 aromatic rings. The molecule has 14 heavy (non-hydrogen) atoms. The van der Waals surface area contributed by atoms with Crippen molar-refractivity contribution in [2.75, 3.05) is 6.61 Å². The summed E-state index contributed by atoms with van der Waals surface area (Å²) >= 11 is 0. The summed E-state index contributed by atoms with van der Waals surface area (Å²) in [6.07, 6.45) is 1.50. The van der Waals surface area contributed by atoms with E-state index >= 15 is 0 Å². The number of benzene rings is 1. The van der Waals surface area contributed by atoms with Crippen molar-refractivity contribution in [2.24, 2.45) is 0 Å². The molecule has 0 radical (unpaired) electrons. The number of phenols is 1. The van der Waals surface area contributed by atoms with Crippen molar-refractivity contribution in [1.29, 1.82) is 0 Å². The van der Waals surface area contributed by atoms with Gasteiger partial charge in [0.1, 0.15) is 12.4 Å². The number of carbonyl (C=O) groups excluding carboxylic acids is 1. The number of hydrogen-bond acceptors (Lipinski definition) is 3. The summed E-state index contributed by atoms with van der Waals surface area (Å²) in [5.74, 6) is -0.351. The maximum atomic E-state index is 11.4. The Morgan fingerprint density at radius 1 is 1.64 bits per heavy atom. The standard InChI is InChI=1S/C11H12O3/c1-3-7-14-11(13)9-5-4-6-10(12)8(9)2/h3-6,12H,1,7H2,2H3. The maximum Gasteiger partial charge on any atom is 0.338 e. The minimum Gasteiger partial charge on any atom is -0.508 e. The van der Waals surface area contributed by atoms with Gasteiger partial charge in [-0.25, -0.2) is 4.79 Å². The van der Waals surface area contributed by atoms with E-state index in [1.807, 2.05) is 0 Å². The molecule has 0 spiro atoms. The van der Waals surface area contributed by atoms with Gasteiger partial charge in [-0.05, 0) is 19.1 Å². The Kier molecular flexibility index (Phi) is 3.29. The van der Waals surface area contributed by atoms with Gasteiger partial charge >= 0.3 is 5.97 Å². The lowest BCUT2D eigenvalue weighted by Gasteiger charge is -2.06. The molecule has 3 heteroatoms. The molecule has 0 fully saturated rings. The minimum absolute atomic E-state index is 0.0954. The van der Waals surface area contributed by atoms with Crippen molar-refractivity contribution in [3.05, 3.63) is 42.0 Å². The highest BCUT2D eigenvalue weighted by molar-refractivity contribution is 5.91. The molecular formula is C11H12O3. The first-order valence-electron chi connectivity index (χ1n) is 4.23. The second-order valence-corrected chi connectivity index (χ2v) is 2.84. The SMILES string of the molecule is C=CCOC(=O)c1cccc(O)c1C. The minimum atomic E-state index is -0.446. The van der Waals surface area contributed by atoms with E-state index in [1.54, 1.807) is 19.1 Å². The van der Waals surface area contributed by atoms with Crippen molar-refractivity contribution < 1.29 is 14.6 Å². The number of ether oxygens (including phenoxy) is 1. The third-order valence-electron chi connectivity index (χ3n) is 1.86. The van der Waals surface area contributed by atoms with Gasteiger partial charge in [0.2, 0.25) is 0 Å². The Hall–Kier alpha value is -1.77. The molecule has 0 aliphatic rings. The van der Waals surface area contributed by atoms with E-state index in [1.165, 1.54) is 12.1 Å². The molecule has 0 aliphatic heterocycles. The van der Waals surface area contributed by atoms with Crippen LogP contribution < -0.4 is 0 Å². The molecular weight excluding hydrogens is 180 g/mol. The summed E-state index contributed by atoms with van der Waals surface area (Å²) in [4.78, 5) is 11.4. The topological polar surface area (TPSA) is 46.5 Å². The Morgan fingerprint density at radius 3 is 3.00 bits per heavy atom. The fourth-order valence-electron chi connectivity index (χ4n) is 1.06. The second-order valence-electron chi connectivity index (χ2n) is 2.84. The summed E-state index contributed by atoms with van der Waals surface area (Å²) in [5.41, 5.74) is 0.911. The number of esters is 1. The third kappa shape index (κ3) is 2.13. The number of hydrogen-bond donors (Lipinski definition) is 1. The fraction of sp³-hybridized carbons (Fsp3) is 0.182. The Balaban J connectivity index is 2.89. The highest BCUT2D eigenvalue weighted by Gasteiger charge is 2.11. The van der Waals surface area contributed by atoms with Gasteiger partial charge in [0, 0.05) is 5.56 Å². The van der Waals surface area contributed by atoms with Crippen LogP contribution in [0.2, 0.25) is 0 Å². The lowest BCUT2D eigenvalue weighted by molar-refractivity contribution is 0.0548. The normalized spacial score (nSPS) is 9.50. The quantitative estimate of drug-likeness (QED) is 0.588. The molecule has 74 valence electrons. The monoisotopic (exact) mass is 192 g/mol. The molecule has 0 bridgehead atoms. The largest absolute Gasteiger partial charge is 0.508 e. The second kappa shape index (κ2) is 4.46. The van der Waals surface area contributed by atoms with Crippen LogP contribution in [0.4, 0.5) is 0 Å². The zero-order valence-corrected chi connectivity index (χ0v) is 7.99. The van der Waals surface area contributed by atoms with Crippen molar-refractivity contribution in [3.63, 3.8) is 0 Å². The molecule has 0 amide bonds. The van der Waals surface area contributed by atoms with Gasteiger partial charge in [-0.15, -0.1) is 0 Å². The smallest absolute Gasteiger partial charge is 0.338 e. The zero-order valence-electron chi connectivity index (χ0n) is 7.99. The molecule has 3 nitrogen and oxygen atoms in total. The first-order chi connectivity index (χ1) is 6.66. The third-order valence-corrected chi connectivity index (χ3v) is 1.86. The van der Waals surface area contributed by atoms with Gasteiger partial charge in [-0.1, -0.05) is 18.7 Å². The molecule has 0 aromatic heterocycles. The van der Waals surface area contributed by atoms with Gasteiger partial charge in [-0.2, -0.15) is 0 Å². The van der Waals surface area contributed by atoms with Gasteiger partial charge in [0.15, 0.2) is 0 Å². The van der Waals surface area contributed by atoms with Gasteiger partial charge in [0.05, 0.1) is 5.56 Å². The maximum absolute atomic E-state index is 11.4. The van der Waals surface area contributed by atoms with Gasteiger partial charge in [-0.3, -0.25) is 0 Å². The van der Waals surface area contributed by atoms with Crippen LogP contribution >= 0.6 is 0 Å². The summed E-state index contributed by atoms with van der Waals surface area (Å²) in [6.45, 7) is 5.28. The van der Waals surface area contributed by atoms with Crippen LogP contribution in [-0.2, 0) is 4.74 Å². The summed E-state index contributed by atoms with van der Waals surface area (Å²) in [5, 5.41) is 9.35. The van der Waals surface area contributed by atoms with Crippen LogP contribution in [0.25, 0.3) is 0 Å². The Bertz CT molecular complexity index is 356. The van der Waals surface area contributed by atoms with E-state index in [4.69, 9.17) is 4.74 Å². The van der Waals surface area contributed by atoms with Gasteiger partial charge < -0.3 is 9.84 Å². The van der Waals surface area contributed by atoms with Crippen molar-refractivity contribution in [2.45, 2.75) is 6.92 Å². The van der Waals surface area contributed by atoms with E-state index in [0.717, 1.165) is 0 Å². The van der Waals surface area contributed by atoms with E-state index in [9.17, 15) is 9.90 Å². The zero-order chi connectivity index (χ0) is 10.6. The van der Waals surface area contributed by atoms with Crippen LogP contribution in [0.1, 0.15) is 15.9 Å². The van der Waals surface area contributed by atoms with E-state index in [0.29, 0.717) is 11.1 Å². The summed E-state index contributed by atoms with van der Waals surface area (Å²) < 4.78 is 4.84. The molecule has 0 saturated carbocycles. The average molecular weight is 192 g/mol. The van der Waals surface area contributed by atoms with Crippen molar-refractivity contribution >= 4 is 5.97 Å². The van der Waals surface area contributed by atoms with Crippen LogP contribution in [0.3, 0.4) is 0 Å². The molecule has 1 rings (SSSR count). The molecule has 1 aromatic carbocycles. The van der Waals surface area contributed by atoms with Crippen LogP contribution in [0.15, 0.2) is 30.9 Å². The first-order valence-corrected chi connectivity index (χ1v) is 4.23. The lowest BCUT2D eigenvalue weighted by Crippen LogP contribution is -2.06. The molecule has 0 heterocycles. The number of aromatic hydroxyl groups is 1. The fourth-order valence-corrected chi connectivity index (χ4v) is 1.06.